The minimum atomic E-state index is -2.67. The van der Waals surface area contributed by atoms with Crippen LogP contribution < -0.4 is 0 Å². The molecular formula is C23H39BrO4Sn. The molecule has 0 rings (SSSR count). The van der Waals surface area contributed by atoms with Crippen LogP contribution in [0.1, 0.15) is 72.1 Å². The fraction of sp³-hybridized carbons (Fsp3) is 0.739. The molecule has 6 heteroatoms. The van der Waals surface area contributed by atoms with Crippen LogP contribution in [0.5, 0.6) is 0 Å². The first-order chi connectivity index (χ1) is 13.8. The third-order valence-corrected chi connectivity index (χ3v) is 18.9. The molecule has 0 atom stereocenters. The van der Waals surface area contributed by atoms with Crippen molar-refractivity contribution >= 4 is 46.2 Å². The van der Waals surface area contributed by atoms with Gasteiger partial charge in [0.1, 0.15) is 0 Å². The number of halogens is 1. The van der Waals surface area contributed by atoms with E-state index in [2.05, 4.69) is 53.1 Å². The van der Waals surface area contributed by atoms with Crippen molar-refractivity contribution in [3.63, 3.8) is 0 Å². The molecule has 0 aliphatic rings. The predicted molar refractivity (Wildman–Crippen MR) is 126 cm³/mol. The summed E-state index contributed by atoms with van der Waals surface area (Å²) in [7, 11) is 2.58. The monoisotopic (exact) mass is 578 g/mol. The summed E-state index contributed by atoms with van der Waals surface area (Å²) >= 11 is 0.624. The molecular weight excluding hydrogens is 539 g/mol. The second-order valence-electron chi connectivity index (χ2n) is 7.83. The van der Waals surface area contributed by atoms with E-state index in [0.717, 1.165) is 0 Å². The van der Waals surface area contributed by atoms with Crippen molar-refractivity contribution in [3.05, 3.63) is 11.1 Å². The summed E-state index contributed by atoms with van der Waals surface area (Å²) in [4.78, 5) is 25.2. The van der Waals surface area contributed by atoms with Crippen LogP contribution in [0, 0.1) is 15.3 Å². The van der Waals surface area contributed by atoms with Gasteiger partial charge in [0.2, 0.25) is 0 Å². The van der Waals surface area contributed by atoms with E-state index in [1.165, 1.54) is 66.1 Å². The van der Waals surface area contributed by atoms with Crippen LogP contribution in [-0.2, 0) is 19.1 Å². The fourth-order valence-electron chi connectivity index (χ4n) is 3.64. The van der Waals surface area contributed by atoms with E-state index < -0.39 is 35.7 Å². The van der Waals surface area contributed by atoms with Gasteiger partial charge in [-0.25, -0.2) is 0 Å². The molecule has 0 aromatic heterocycles. The predicted octanol–water partition coefficient (Wildman–Crippen LogP) is 6.40. The molecule has 0 spiro atoms. The number of carbonyl (C=O) groups excluding carboxylic acids is 2. The zero-order chi connectivity index (χ0) is 22.3. The standard InChI is InChI=1S/C11H12BrO4.3C4H9.Sn/c1-5-6-11(7-8(2)12,9(13)15-3)10(14)16-4;3*1-3-4-2;/h2,6-7H2,3-4H3;3*1,3-4H2,2H3;. The summed E-state index contributed by atoms with van der Waals surface area (Å²) in [6.07, 6.45) is 7.41. The molecule has 4 nitrogen and oxygen atoms in total. The number of rotatable bonds is 14. The molecule has 166 valence electrons. The van der Waals surface area contributed by atoms with Gasteiger partial charge in [-0.05, 0) is 0 Å². The van der Waals surface area contributed by atoms with Gasteiger partial charge in [0.15, 0.2) is 0 Å². The maximum atomic E-state index is 12.6. The van der Waals surface area contributed by atoms with Crippen molar-refractivity contribution in [2.45, 2.75) is 85.4 Å². The molecule has 0 aromatic carbocycles. The molecule has 0 unspecified atom stereocenters. The van der Waals surface area contributed by atoms with Gasteiger partial charge in [-0.2, -0.15) is 0 Å². The molecule has 0 heterocycles. The van der Waals surface area contributed by atoms with Crippen LogP contribution in [-0.4, -0.2) is 44.5 Å². The molecule has 0 saturated carbocycles. The van der Waals surface area contributed by atoms with E-state index >= 15 is 0 Å². The first-order valence-electron chi connectivity index (χ1n) is 10.8. The topological polar surface area (TPSA) is 52.6 Å². The number of methoxy groups -OCH3 is 2. The zero-order valence-electron chi connectivity index (χ0n) is 19.0. The number of hydrogen-bond donors (Lipinski definition) is 0. The van der Waals surface area contributed by atoms with Crippen molar-refractivity contribution in [1.82, 2.24) is 0 Å². The Bertz CT molecular complexity index is 554. The summed E-state index contributed by atoms with van der Waals surface area (Å²) in [6, 6.07) is 0. The average molecular weight is 578 g/mol. The first kappa shape index (κ1) is 28.5. The Labute approximate surface area is 190 Å². The number of unbranched alkanes of at least 4 members (excludes halogenated alkanes) is 3. The summed E-state index contributed by atoms with van der Waals surface area (Å²) in [5, 5.41) is 0. The molecule has 0 amide bonds. The third-order valence-electron chi connectivity index (χ3n) is 5.42. The second-order valence-corrected chi connectivity index (χ2v) is 21.3. The Morgan fingerprint density at radius 3 is 1.66 bits per heavy atom. The Morgan fingerprint density at radius 2 is 1.34 bits per heavy atom. The van der Waals surface area contributed by atoms with Crippen LogP contribution in [0.4, 0.5) is 0 Å². The summed E-state index contributed by atoms with van der Waals surface area (Å²) in [5.41, 5.74) is -1.46. The fourth-order valence-corrected chi connectivity index (χ4v) is 17.5. The zero-order valence-corrected chi connectivity index (χ0v) is 23.4. The van der Waals surface area contributed by atoms with Crippen LogP contribution in [0.2, 0.25) is 13.3 Å². The van der Waals surface area contributed by atoms with Crippen molar-refractivity contribution in [3.8, 4) is 9.86 Å². The quantitative estimate of drug-likeness (QED) is 0.104. The van der Waals surface area contributed by atoms with Crippen molar-refractivity contribution in [2.24, 2.45) is 5.41 Å². The van der Waals surface area contributed by atoms with Crippen molar-refractivity contribution < 1.29 is 19.1 Å². The Balaban J connectivity index is 6.01. The van der Waals surface area contributed by atoms with Crippen molar-refractivity contribution in [2.75, 3.05) is 14.2 Å². The Hall–Kier alpha value is -0.481. The third kappa shape index (κ3) is 9.46. The molecule has 29 heavy (non-hydrogen) atoms. The van der Waals surface area contributed by atoms with Crippen LogP contribution >= 0.6 is 15.9 Å². The first-order valence-corrected chi connectivity index (χ1v) is 19.0. The van der Waals surface area contributed by atoms with E-state index in [9.17, 15) is 9.59 Å². The summed E-state index contributed by atoms with van der Waals surface area (Å²) in [5.74, 6) is 2.08. The van der Waals surface area contributed by atoms with Gasteiger partial charge in [-0.3, -0.25) is 0 Å². The molecule has 0 aliphatic carbocycles. The molecule has 0 N–H and O–H groups in total. The van der Waals surface area contributed by atoms with Gasteiger partial charge < -0.3 is 0 Å². The normalized spacial score (nSPS) is 11.4. The van der Waals surface area contributed by atoms with Crippen molar-refractivity contribution in [1.29, 1.82) is 0 Å². The van der Waals surface area contributed by atoms with Gasteiger partial charge >= 0.3 is 191 Å². The van der Waals surface area contributed by atoms with E-state index in [4.69, 9.17) is 9.47 Å². The number of ether oxygens (including phenoxy) is 2. The number of carbonyl (C=O) groups is 2. The van der Waals surface area contributed by atoms with Gasteiger partial charge in [-0.15, -0.1) is 0 Å². The van der Waals surface area contributed by atoms with Gasteiger partial charge in [0.25, 0.3) is 0 Å². The number of esters is 2. The summed E-state index contributed by atoms with van der Waals surface area (Å²) in [6.45, 7) is 10.5. The Morgan fingerprint density at radius 1 is 0.931 bits per heavy atom. The average Bonchev–Trinajstić information content (AvgIpc) is 2.71. The molecule has 0 radical (unpaired) electrons. The van der Waals surface area contributed by atoms with E-state index in [-0.39, 0.29) is 12.8 Å². The van der Waals surface area contributed by atoms with Gasteiger partial charge in [0, 0.05) is 0 Å². The van der Waals surface area contributed by atoms with Crippen LogP contribution in [0.3, 0.4) is 0 Å². The molecule has 0 saturated heterocycles. The minimum absolute atomic E-state index is 0.111. The second kappa shape index (κ2) is 15.3. The van der Waals surface area contributed by atoms with E-state index in [1.807, 2.05) is 0 Å². The number of hydrogen-bond acceptors (Lipinski definition) is 4. The van der Waals surface area contributed by atoms with Crippen LogP contribution in [0.25, 0.3) is 0 Å². The SMILES string of the molecule is C=C(Br)CC(CC#[C][Sn]([CH2]CCC)([CH2]CCC)[CH2]CCC)(C(=O)OC)C(=O)OC. The van der Waals surface area contributed by atoms with E-state index in [1.54, 1.807) is 0 Å². The van der Waals surface area contributed by atoms with Crippen LogP contribution in [0.15, 0.2) is 11.1 Å². The van der Waals surface area contributed by atoms with Gasteiger partial charge in [-0.1, -0.05) is 0 Å². The molecule has 0 bridgehead atoms. The van der Waals surface area contributed by atoms with Gasteiger partial charge in [0.05, 0.1) is 0 Å². The number of allylic oxidation sites excluding steroid dienone is 1. The summed E-state index contributed by atoms with van der Waals surface area (Å²) < 4.78 is 18.0. The molecule has 0 fully saturated rings. The molecule has 0 aliphatic heterocycles. The maximum absolute atomic E-state index is 12.6. The molecule has 0 aromatic rings. The Kier molecular flexibility index (Phi) is 15.1. The van der Waals surface area contributed by atoms with E-state index in [0.29, 0.717) is 4.48 Å².